The predicted octanol–water partition coefficient (Wildman–Crippen LogP) is 2.70. The molecule has 0 aromatic heterocycles. The van der Waals surface area contributed by atoms with Gasteiger partial charge in [0.2, 0.25) is 0 Å². The smallest absolute Gasteiger partial charge is 0.153 e. The molecule has 1 atom stereocenters. The lowest BCUT2D eigenvalue weighted by Gasteiger charge is -2.10. The normalized spacial score (nSPS) is 12.3. The zero-order chi connectivity index (χ0) is 11.4. The van der Waals surface area contributed by atoms with E-state index in [1.165, 1.54) is 0 Å². The van der Waals surface area contributed by atoms with Gasteiger partial charge in [0.05, 0.1) is 0 Å². The minimum atomic E-state index is -1.05. The first-order valence-corrected chi connectivity index (χ1v) is 6.29. The highest BCUT2D eigenvalue weighted by atomic mass is 32.2. The van der Waals surface area contributed by atoms with Crippen LogP contribution in [0.3, 0.4) is 0 Å². The summed E-state index contributed by atoms with van der Waals surface area (Å²) in [7, 11) is 0. The quantitative estimate of drug-likeness (QED) is 0.827. The van der Waals surface area contributed by atoms with E-state index in [-0.39, 0.29) is 5.75 Å². The van der Waals surface area contributed by atoms with Gasteiger partial charge in [-0.25, -0.2) is 0 Å². The Labute approximate surface area is 97.7 Å². The highest BCUT2D eigenvalue weighted by molar-refractivity contribution is 7.90. The molecule has 2 aromatic carbocycles. The van der Waals surface area contributed by atoms with Crippen molar-refractivity contribution in [3.63, 3.8) is 0 Å². The third kappa shape index (κ3) is 2.78. The van der Waals surface area contributed by atoms with Crippen molar-refractivity contribution in [2.24, 2.45) is 0 Å². The van der Waals surface area contributed by atoms with Crippen LogP contribution in [0.5, 0.6) is 5.75 Å². The van der Waals surface area contributed by atoms with Crippen LogP contribution >= 0.6 is 0 Å². The van der Waals surface area contributed by atoms with E-state index >= 15 is 0 Å². The van der Waals surface area contributed by atoms with E-state index in [1.54, 1.807) is 18.2 Å². The molecule has 0 radical (unpaired) electrons. The van der Waals surface area contributed by atoms with Crippen LogP contribution < -0.4 is 0 Å². The third-order valence-electron chi connectivity index (χ3n) is 2.21. The van der Waals surface area contributed by atoms with Crippen LogP contribution in [0.15, 0.2) is 59.5 Å². The lowest BCUT2D eigenvalue weighted by Crippen LogP contribution is -2.04. The van der Waals surface area contributed by atoms with E-state index in [1.807, 2.05) is 36.4 Å². The second kappa shape index (κ2) is 5.05. The molecular weight excluding hydrogens is 220 g/mol. The molecule has 0 aliphatic rings. The molecule has 82 valence electrons. The molecule has 16 heavy (non-hydrogen) atoms. The maximum absolute atomic E-state index is 12.0. The SMILES string of the molecule is [O-][S+](Cc1cccc(O)c1)c1ccccc1. The van der Waals surface area contributed by atoms with Gasteiger partial charge in [0.1, 0.15) is 11.5 Å². The van der Waals surface area contributed by atoms with Crippen LogP contribution in [0.25, 0.3) is 0 Å². The van der Waals surface area contributed by atoms with E-state index in [2.05, 4.69) is 0 Å². The molecule has 0 bridgehead atoms. The molecule has 1 unspecified atom stereocenters. The van der Waals surface area contributed by atoms with Gasteiger partial charge >= 0.3 is 0 Å². The van der Waals surface area contributed by atoms with E-state index in [0.717, 1.165) is 10.5 Å². The molecule has 0 saturated carbocycles. The third-order valence-corrected chi connectivity index (χ3v) is 3.61. The molecule has 2 nitrogen and oxygen atoms in total. The number of phenolic OH excluding ortho intramolecular Hbond substituents is 1. The number of rotatable bonds is 3. The fourth-order valence-corrected chi connectivity index (χ4v) is 2.56. The van der Waals surface area contributed by atoms with Crippen molar-refractivity contribution >= 4 is 11.2 Å². The Morgan fingerprint density at radius 2 is 1.75 bits per heavy atom. The number of hydrogen-bond acceptors (Lipinski definition) is 2. The average molecular weight is 232 g/mol. The number of phenols is 1. The van der Waals surface area contributed by atoms with Gasteiger partial charge in [0.25, 0.3) is 0 Å². The molecule has 0 amide bonds. The van der Waals surface area contributed by atoms with Gasteiger partial charge < -0.3 is 9.66 Å². The van der Waals surface area contributed by atoms with Gasteiger partial charge in [0, 0.05) is 5.56 Å². The first kappa shape index (κ1) is 11.0. The van der Waals surface area contributed by atoms with Crippen molar-refractivity contribution in [2.75, 3.05) is 0 Å². The lowest BCUT2D eigenvalue weighted by molar-refractivity contribution is 0.475. The van der Waals surface area contributed by atoms with Crippen LogP contribution in [0.4, 0.5) is 0 Å². The molecule has 2 aromatic rings. The highest BCUT2D eigenvalue weighted by Crippen LogP contribution is 2.18. The van der Waals surface area contributed by atoms with E-state index < -0.39 is 11.2 Å². The topological polar surface area (TPSA) is 43.3 Å². The number of benzene rings is 2. The number of hydrogen-bond donors (Lipinski definition) is 1. The monoisotopic (exact) mass is 232 g/mol. The molecule has 0 heterocycles. The first-order chi connectivity index (χ1) is 7.75. The van der Waals surface area contributed by atoms with Crippen molar-refractivity contribution in [1.82, 2.24) is 0 Å². The molecule has 0 spiro atoms. The molecule has 0 fully saturated rings. The first-order valence-electron chi connectivity index (χ1n) is 4.97. The van der Waals surface area contributed by atoms with Gasteiger partial charge in [-0.05, 0) is 35.4 Å². The Morgan fingerprint density at radius 1 is 1.00 bits per heavy atom. The predicted molar refractivity (Wildman–Crippen MR) is 64.7 cm³/mol. The minimum Gasteiger partial charge on any atom is -0.611 e. The summed E-state index contributed by atoms with van der Waals surface area (Å²) < 4.78 is 12.0. The van der Waals surface area contributed by atoms with Gasteiger partial charge in [-0.1, -0.05) is 30.3 Å². The molecule has 3 heteroatoms. The lowest BCUT2D eigenvalue weighted by atomic mass is 10.2. The summed E-state index contributed by atoms with van der Waals surface area (Å²) in [6.07, 6.45) is 0. The molecule has 1 N–H and O–H groups in total. The van der Waals surface area contributed by atoms with Gasteiger partial charge in [0.15, 0.2) is 4.90 Å². The molecular formula is C13H12O2S. The van der Waals surface area contributed by atoms with Gasteiger partial charge in [-0.3, -0.25) is 0 Å². The second-order valence-corrected chi connectivity index (χ2v) is 4.92. The standard InChI is InChI=1S/C13H12O2S/c14-12-6-4-5-11(9-12)10-16(15)13-7-2-1-3-8-13/h1-9,14H,10H2. The van der Waals surface area contributed by atoms with E-state index in [9.17, 15) is 9.66 Å². The summed E-state index contributed by atoms with van der Waals surface area (Å²) >= 11 is -1.05. The maximum Gasteiger partial charge on any atom is 0.153 e. The Balaban J connectivity index is 2.11. The average Bonchev–Trinajstić information content (AvgIpc) is 2.30. The minimum absolute atomic E-state index is 0.211. The van der Waals surface area contributed by atoms with Crippen LogP contribution in [0.2, 0.25) is 0 Å². The van der Waals surface area contributed by atoms with Crippen LogP contribution in [-0.4, -0.2) is 9.66 Å². The van der Waals surface area contributed by atoms with E-state index in [4.69, 9.17) is 0 Å². The summed E-state index contributed by atoms with van der Waals surface area (Å²) in [4.78, 5) is 0.811. The summed E-state index contributed by atoms with van der Waals surface area (Å²) in [5, 5.41) is 9.30. The summed E-state index contributed by atoms with van der Waals surface area (Å²) in [5.41, 5.74) is 0.877. The van der Waals surface area contributed by atoms with Crippen LogP contribution in [-0.2, 0) is 16.9 Å². The zero-order valence-corrected chi connectivity index (χ0v) is 9.48. The fraction of sp³-hybridized carbons (Fsp3) is 0.0769. The van der Waals surface area contributed by atoms with Crippen molar-refractivity contribution in [2.45, 2.75) is 10.6 Å². The Hall–Kier alpha value is -1.45. The Bertz CT molecular complexity index is 456. The van der Waals surface area contributed by atoms with Crippen molar-refractivity contribution in [1.29, 1.82) is 0 Å². The van der Waals surface area contributed by atoms with Crippen molar-refractivity contribution < 1.29 is 9.66 Å². The zero-order valence-electron chi connectivity index (χ0n) is 8.67. The van der Waals surface area contributed by atoms with Gasteiger partial charge in [-0.15, -0.1) is 0 Å². The molecule has 0 aliphatic heterocycles. The molecule has 2 rings (SSSR count). The summed E-state index contributed by atoms with van der Waals surface area (Å²) in [5.74, 6) is 0.640. The largest absolute Gasteiger partial charge is 0.611 e. The van der Waals surface area contributed by atoms with Crippen LogP contribution in [0, 0.1) is 0 Å². The second-order valence-electron chi connectivity index (χ2n) is 3.47. The highest BCUT2D eigenvalue weighted by Gasteiger charge is 2.10. The van der Waals surface area contributed by atoms with Crippen LogP contribution in [0.1, 0.15) is 5.56 Å². The molecule has 0 aliphatic carbocycles. The van der Waals surface area contributed by atoms with Gasteiger partial charge in [-0.2, -0.15) is 0 Å². The Morgan fingerprint density at radius 3 is 2.44 bits per heavy atom. The maximum atomic E-state index is 12.0. The summed E-state index contributed by atoms with van der Waals surface area (Å²) in [6.45, 7) is 0. The van der Waals surface area contributed by atoms with Crippen molar-refractivity contribution in [3.8, 4) is 5.75 Å². The summed E-state index contributed by atoms with van der Waals surface area (Å²) in [6, 6.07) is 16.2. The molecule has 0 saturated heterocycles. The van der Waals surface area contributed by atoms with E-state index in [0.29, 0.717) is 5.75 Å². The van der Waals surface area contributed by atoms with Crippen molar-refractivity contribution in [3.05, 3.63) is 60.2 Å². The number of aromatic hydroxyl groups is 1. The fourth-order valence-electron chi connectivity index (χ4n) is 1.45. The Kier molecular flexibility index (Phi) is 3.49.